The topological polar surface area (TPSA) is 88.5 Å². The van der Waals surface area contributed by atoms with Gasteiger partial charge in [0.1, 0.15) is 5.82 Å². The van der Waals surface area contributed by atoms with Gasteiger partial charge in [0.25, 0.3) is 5.56 Å². The molecule has 0 aliphatic rings. The monoisotopic (exact) mass is 367 g/mol. The first-order valence-electron chi connectivity index (χ1n) is 7.38. The Morgan fingerprint density at radius 3 is 2.40 bits per heavy atom. The zero-order chi connectivity index (χ0) is 18.6. The molecular weight excluding hydrogens is 349 g/mol. The van der Waals surface area contributed by atoms with Gasteiger partial charge in [-0.1, -0.05) is 0 Å². The molecule has 0 saturated heterocycles. The van der Waals surface area contributed by atoms with E-state index in [1.54, 1.807) is 0 Å². The highest BCUT2D eigenvalue weighted by molar-refractivity contribution is 7.89. The summed E-state index contributed by atoms with van der Waals surface area (Å²) in [4.78, 5) is 23.8. The van der Waals surface area contributed by atoms with Crippen molar-refractivity contribution in [2.45, 2.75) is 17.9 Å². The predicted molar refractivity (Wildman–Crippen MR) is 91.2 cm³/mol. The molecule has 1 aromatic carbocycles. The Labute approximate surface area is 144 Å². The maximum absolute atomic E-state index is 12.8. The molecule has 9 heteroatoms. The smallest absolute Gasteiger partial charge is 0.250 e. The number of carbonyl (C=O) groups is 1. The fourth-order valence-corrected chi connectivity index (χ4v) is 2.95. The number of nitrogens with zero attached hydrogens (tertiary/aromatic N) is 2. The molecule has 25 heavy (non-hydrogen) atoms. The number of pyridine rings is 1. The van der Waals surface area contributed by atoms with Crippen molar-refractivity contribution in [3.05, 3.63) is 58.8 Å². The number of rotatable bonds is 6. The van der Waals surface area contributed by atoms with Gasteiger partial charge in [-0.15, -0.1) is 0 Å². The number of amides is 1. The summed E-state index contributed by atoms with van der Waals surface area (Å²) in [5.74, 6) is -0.789. The number of aromatic nitrogens is 1. The average molecular weight is 367 g/mol. The number of anilines is 1. The molecule has 0 aliphatic carbocycles. The molecule has 0 saturated carbocycles. The number of hydrogen-bond acceptors (Lipinski definition) is 4. The van der Waals surface area contributed by atoms with E-state index in [-0.39, 0.29) is 23.8 Å². The number of benzene rings is 1. The zero-order valence-corrected chi connectivity index (χ0v) is 14.6. The molecule has 1 heterocycles. The Balaban J connectivity index is 2.08. The first kappa shape index (κ1) is 18.8. The Hall–Kier alpha value is -2.52. The molecule has 0 atom stereocenters. The first-order valence-corrected chi connectivity index (χ1v) is 8.82. The third-order valence-electron chi connectivity index (χ3n) is 3.44. The minimum atomic E-state index is -3.67. The van der Waals surface area contributed by atoms with Crippen LogP contribution in [0, 0.1) is 5.82 Å². The van der Waals surface area contributed by atoms with Crippen molar-refractivity contribution < 1.29 is 17.6 Å². The highest BCUT2D eigenvalue weighted by Crippen LogP contribution is 2.11. The predicted octanol–water partition coefficient (Wildman–Crippen LogP) is 1.27. The van der Waals surface area contributed by atoms with Crippen molar-refractivity contribution in [2.75, 3.05) is 19.4 Å². The van der Waals surface area contributed by atoms with Gasteiger partial charge in [0.2, 0.25) is 15.9 Å². The van der Waals surface area contributed by atoms with Crippen LogP contribution in [0.4, 0.5) is 10.1 Å². The third kappa shape index (κ3) is 4.74. The van der Waals surface area contributed by atoms with Crippen molar-refractivity contribution in [2.24, 2.45) is 0 Å². The minimum Gasteiger partial charge on any atom is -0.326 e. The Bertz CT molecular complexity index is 921. The van der Waals surface area contributed by atoms with Crippen LogP contribution < -0.4 is 10.9 Å². The van der Waals surface area contributed by atoms with E-state index in [2.05, 4.69) is 5.32 Å². The van der Waals surface area contributed by atoms with Crippen LogP contribution in [0.15, 0.2) is 52.3 Å². The molecular formula is C16H18FN3O4S. The molecule has 0 radical (unpaired) electrons. The summed E-state index contributed by atoms with van der Waals surface area (Å²) in [5, 5.41) is 2.57. The molecule has 0 unspecified atom stereocenters. The maximum Gasteiger partial charge on any atom is 0.250 e. The fourth-order valence-electron chi connectivity index (χ4n) is 2.03. The van der Waals surface area contributed by atoms with E-state index in [1.807, 2.05) is 0 Å². The summed E-state index contributed by atoms with van der Waals surface area (Å²) in [5.41, 5.74) is 0.0231. The molecule has 1 amide bonds. The second-order valence-electron chi connectivity index (χ2n) is 5.49. The van der Waals surface area contributed by atoms with Gasteiger partial charge in [-0.25, -0.2) is 17.1 Å². The van der Waals surface area contributed by atoms with Crippen molar-refractivity contribution in [1.29, 1.82) is 0 Å². The lowest BCUT2D eigenvalue weighted by atomic mass is 10.3. The molecule has 7 nitrogen and oxygen atoms in total. The van der Waals surface area contributed by atoms with E-state index < -0.39 is 21.4 Å². The average Bonchev–Trinajstić information content (AvgIpc) is 2.56. The number of hydrogen-bond donors (Lipinski definition) is 1. The van der Waals surface area contributed by atoms with Gasteiger partial charge in [-0.3, -0.25) is 9.59 Å². The number of nitrogens with one attached hydrogen (secondary N) is 1. The van der Waals surface area contributed by atoms with Gasteiger partial charge in [-0.2, -0.15) is 0 Å². The fraction of sp³-hybridized carbons (Fsp3) is 0.250. The van der Waals surface area contributed by atoms with Crippen LogP contribution in [0.5, 0.6) is 0 Å². The summed E-state index contributed by atoms with van der Waals surface area (Å²) >= 11 is 0. The van der Waals surface area contributed by atoms with Gasteiger partial charge in [0, 0.05) is 45.0 Å². The molecule has 2 rings (SSSR count). The van der Waals surface area contributed by atoms with Crippen LogP contribution >= 0.6 is 0 Å². The van der Waals surface area contributed by atoms with Crippen LogP contribution in [-0.4, -0.2) is 37.3 Å². The number of halogens is 1. The third-order valence-corrected chi connectivity index (χ3v) is 5.24. The van der Waals surface area contributed by atoms with E-state index in [1.165, 1.54) is 55.2 Å². The van der Waals surface area contributed by atoms with Gasteiger partial charge < -0.3 is 9.88 Å². The maximum atomic E-state index is 12.8. The largest absolute Gasteiger partial charge is 0.326 e. The van der Waals surface area contributed by atoms with Crippen molar-refractivity contribution in [3.8, 4) is 0 Å². The van der Waals surface area contributed by atoms with E-state index in [0.29, 0.717) is 5.69 Å². The van der Waals surface area contributed by atoms with E-state index in [9.17, 15) is 22.4 Å². The van der Waals surface area contributed by atoms with Gasteiger partial charge in [0.05, 0.1) is 4.90 Å². The summed E-state index contributed by atoms with van der Waals surface area (Å²) < 4.78 is 39.2. The van der Waals surface area contributed by atoms with E-state index >= 15 is 0 Å². The highest BCUT2D eigenvalue weighted by Gasteiger charge is 2.18. The standard InChI is InChI=1S/C16H18FN3O4S/c1-19(2)25(23,24)14-7-8-16(22)20(11-14)10-9-15(21)18-13-5-3-12(17)4-6-13/h3-8,11H,9-10H2,1-2H3,(H,18,21). The van der Waals surface area contributed by atoms with Crippen LogP contribution in [0.1, 0.15) is 6.42 Å². The Kier molecular flexibility index (Phi) is 5.70. The number of sulfonamides is 1. The molecule has 0 aliphatic heterocycles. The number of aryl methyl sites for hydroxylation is 1. The molecule has 1 aromatic heterocycles. The summed E-state index contributed by atoms with van der Waals surface area (Å²) in [6.45, 7) is 0.0165. The zero-order valence-electron chi connectivity index (χ0n) is 13.8. The summed E-state index contributed by atoms with van der Waals surface area (Å²) in [6.07, 6.45) is 1.17. The summed E-state index contributed by atoms with van der Waals surface area (Å²) in [7, 11) is -0.890. The van der Waals surface area contributed by atoms with E-state index in [4.69, 9.17) is 0 Å². The van der Waals surface area contributed by atoms with Crippen LogP contribution in [0.2, 0.25) is 0 Å². The van der Waals surface area contributed by atoms with Crippen molar-refractivity contribution >= 4 is 21.6 Å². The molecule has 0 spiro atoms. The molecule has 134 valence electrons. The lowest BCUT2D eigenvalue weighted by Gasteiger charge is -2.13. The second-order valence-corrected chi connectivity index (χ2v) is 7.64. The normalized spacial score (nSPS) is 11.5. The quantitative estimate of drug-likeness (QED) is 0.833. The molecule has 2 aromatic rings. The lowest BCUT2D eigenvalue weighted by Crippen LogP contribution is -2.27. The van der Waals surface area contributed by atoms with Gasteiger partial charge >= 0.3 is 0 Å². The van der Waals surface area contributed by atoms with Crippen molar-refractivity contribution in [3.63, 3.8) is 0 Å². The van der Waals surface area contributed by atoms with Crippen LogP contribution in [0.3, 0.4) is 0 Å². The van der Waals surface area contributed by atoms with Gasteiger partial charge in [0.15, 0.2) is 0 Å². The SMILES string of the molecule is CN(C)S(=O)(=O)c1ccc(=O)n(CCC(=O)Nc2ccc(F)cc2)c1. The summed E-state index contributed by atoms with van der Waals surface area (Å²) in [6, 6.07) is 7.65. The van der Waals surface area contributed by atoms with E-state index in [0.717, 1.165) is 10.4 Å². The highest BCUT2D eigenvalue weighted by atomic mass is 32.2. The lowest BCUT2D eigenvalue weighted by molar-refractivity contribution is -0.116. The number of carbonyl (C=O) groups excluding carboxylic acids is 1. The Morgan fingerprint density at radius 2 is 1.80 bits per heavy atom. The Morgan fingerprint density at radius 1 is 1.16 bits per heavy atom. The molecule has 1 N–H and O–H groups in total. The second kappa shape index (κ2) is 7.58. The molecule has 0 bridgehead atoms. The van der Waals surface area contributed by atoms with Gasteiger partial charge in [-0.05, 0) is 30.3 Å². The van der Waals surface area contributed by atoms with Crippen LogP contribution in [-0.2, 0) is 21.4 Å². The first-order chi connectivity index (χ1) is 11.7. The van der Waals surface area contributed by atoms with Crippen LogP contribution in [0.25, 0.3) is 0 Å². The van der Waals surface area contributed by atoms with Crippen molar-refractivity contribution in [1.82, 2.24) is 8.87 Å². The molecule has 0 fully saturated rings. The minimum absolute atomic E-state index is 0.0165.